The molecule has 10 atom stereocenters. The number of hydrogen-bond acceptors (Lipinski definition) is 19. The fraction of sp³-hybridized carbons (Fsp3) is 0.692. The lowest BCUT2D eigenvalue weighted by Gasteiger charge is -2.28. The van der Waals surface area contributed by atoms with Crippen molar-refractivity contribution in [3.8, 4) is 0 Å². The summed E-state index contributed by atoms with van der Waals surface area (Å²) in [6.07, 6.45) is -1.41. The van der Waals surface area contributed by atoms with Gasteiger partial charge in [0.15, 0.2) is 29.8 Å². The number of aliphatic imine (C=N–C) groups is 5. The van der Waals surface area contributed by atoms with Crippen LogP contribution in [0.1, 0.15) is 123 Å². The van der Waals surface area contributed by atoms with Crippen LogP contribution in [0.5, 0.6) is 0 Å². The Morgan fingerprint density at radius 1 is 0.326 bits per heavy atom. The van der Waals surface area contributed by atoms with Gasteiger partial charge in [0.2, 0.25) is 65.0 Å². The highest BCUT2D eigenvalue weighted by atomic mass is 16.3. The van der Waals surface area contributed by atoms with Gasteiger partial charge in [0, 0.05) is 39.6 Å². The fourth-order valence-corrected chi connectivity index (χ4v) is 8.63. The van der Waals surface area contributed by atoms with E-state index >= 15 is 0 Å². The van der Waals surface area contributed by atoms with Crippen molar-refractivity contribution in [2.24, 2.45) is 105 Å². The molecule has 11 amide bonds. The van der Waals surface area contributed by atoms with Crippen LogP contribution in [0.3, 0.4) is 0 Å². The molecule has 0 aliphatic rings. The van der Waals surface area contributed by atoms with Crippen LogP contribution >= 0.6 is 0 Å². The smallest absolute Gasteiger partial charge is 0.243 e. The third kappa shape index (κ3) is 38.1. The molecule has 0 aliphatic heterocycles. The van der Waals surface area contributed by atoms with E-state index in [1.807, 2.05) is 0 Å². The molecule has 0 heterocycles. The second-order valence-corrected chi connectivity index (χ2v) is 21.3. The Bertz CT molecular complexity index is 2530. The molecule has 0 unspecified atom stereocenters. The standard InChI is InChI=1S/C52H102N28O12/c1-27(81)38(39(56)84)80-46(91)35(18-11-25-71-52(65)66)77-42(87)31(13-4-6-20-54)73-41(86)30(12-3-5-19-53)74-43(88)32(15-8-22-68-49(59)60)75-44(89)33(16-9-23-69-50(61)62)76-45(90)34(17-10-24-70-51(63)64)78-47(92)36(26-37(55)83)79-40(85)29(72-28(2)82)14-7-21-67-48(57)58/h27,29-36,38,81H,3-26,53-54H2,1-2H3,(H2,55,83)(H2,56,84)(H,72,82)(H,73,86)(H,74,88)(H,75,89)(H,76,90)(H,77,87)(H,78,92)(H,79,85)(H,80,91)(H4,57,58,67)(H4,59,60,68)(H4,61,62,69)(H4,63,64,70)(H4,65,66,71)/t27-,29+,30+,31+,32+,33+,34+,35+,36+,38+/m1/s1. The summed E-state index contributed by atoms with van der Waals surface area (Å²) in [6, 6.07) is -13.4. The van der Waals surface area contributed by atoms with E-state index in [4.69, 9.17) is 80.3 Å². The number of carbonyl (C=O) groups excluding carboxylic acids is 11. The molecule has 0 saturated carbocycles. The van der Waals surface area contributed by atoms with Crippen molar-refractivity contribution in [3.63, 3.8) is 0 Å². The normalized spacial score (nSPS) is 14.0. The van der Waals surface area contributed by atoms with Crippen molar-refractivity contribution >= 4 is 94.8 Å². The van der Waals surface area contributed by atoms with Gasteiger partial charge in [-0.25, -0.2) is 0 Å². The highest BCUT2D eigenvalue weighted by Gasteiger charge is 2.36. The summed E-state index contributed by atoms with van der Waals surface area (Å²) >= 11 is 0. The first-order valence-corrected chi connectivity index (χ1v) is 30.0. The van der Waals surface area contributed by atoms with E-state index in [1.54, 1.807) is 0 Å². The summed E-state index contributed by atoms with van der Waals surface area (Å²) < 4.78 is 0. The molecule has 0 rings (SSSR count). The molecule has 92 heavy (non-hydrogen) atoms. The number of nitrogens with zero attached hydrogens (tertiary/aromatic N) is 5. The lowest BCUT2D eigenvalue weighted by atomic mass is 10.0. The van der Waals surface area contributed by atoms with E-state index in [0.29, 0.717) is 12.8 Å². The van der Waals surface area contributed by atoms with Crippen LogP contribution in [0.25, 0.3) is 0 Å². The third-order valence-electron chi connectivity index (χ3n) is 13.2. The fourth-order valence-electron chi connectivity index (χ4n) is 8.63. The maximum Gasteiger partial charge on any atom is 0.243 e. The zero-order chi connectivity index (χ0) is 69.9. The average Bonchev–Trinajstić information content (AvgIpc) is 1.24. The summed E-state index contributed by atoms with van der Waals surface area (Å²) in [5.74, 6) is -11.7. The van der Waals surface area contributed by atoms with E-state index < -0.39 is 132 Å². The van der Waals surface area contributed by atoms with Gasteiger partial charge in [-0.05, 0) is 123 Å². The van der Waals surface area contributed by atoms with Gasteiger partial charge < -0.3 is 133 Å². The molecule has 522 valence electrons. The first-order chi connectivity index (χ1) is 43.3. The number of carbonyl (C=O) groups is 11. The minimum atomic E-state index is -1.73. The molecule has 0 aliphatic carbocycles. The molecule has 0 aromatic rings. The molecule has 0 aromatic carbocycles. The van der Waals surface area contributed by atoms with Crippen LogP contribution in [-0.4, -0.2) is 206 Å². The SMILES string of the molecule is CC(=O)N[C@@H](CCCN=C(N)N)C(=O)N[C@@H](CC(N)=O)C(=O)N[C@@H](CCCN=C(N)N)C(=O)N[C@@H](CCCN=C(N)N)C(=O)N[C@@H](CCCN=C(N)N)C(=O)N[C@@H](CCCCN)C(=O)N[C@@H](CCCCN)C(=O)N[C@@H](CCCN=C(N)N)C(=O)N[C@H](C(N)=O)[C@@H](C)O. The number of aliphatic hydroxyl groups excluding tert-OH is 1. The molecule has 0 saturated heterocycles. The molecule has 0 spiro atoms. The quantitative estimate of drug-likeness (QED) is 0.0153. The monoisotopic (exact) mass is 1310 g/mol. The topological polar surface area (TPSA) is 742 Å². The van der Waals surface area contributed by atoms with Crippen LogP contribution in [0, 0.1) is 0 Å². The van der Waals surface area contributed by atoms with Crippen molar-refractivity contribution in [1.29, 1.82) is 0 Å². The minimum Gasteiger partial charge on any atom is -0.391 e. The second-order valence-electron chi connectivity index (χ2n) is 21.3. The molecular weight excluding hydrogens is 1210 g/mol. The number of nitrogens with two attached hydrogens (primary N) is 14. The Kier molecular flexibility index (Phi) is 41.6. The predicted octanol–water partition coefficient (Wildman–Crippen LogP) is -11.4. The lowest BCUT2D eigenvalue weighted by Crippen LogP contribution is -2.61. The average molecular weight is 1310 g/mol. The largest absolute Gasteiger partial charge is 0.391 e. The van der Waals surface area contributed by atoms with Gasteiger partial charge in [0.1, 0.15) is 54.4 Å². The maximum absolute atomic E-state index is 14.6. The summed E-state index contributed by atoms with van der Waals surface area (Å²) in [7, 11) is 0. The zero-order valence-electron chi connectivity index (χ0n) is 52.5. The Morgan fingerprint density at radius 3 is 0.750 bits per heavy atom. The number of hydrogen-bond donors (Lipinski definition) is 24. The van der Waals surface area contributed by atoms with E-state index in [2.05, 4.69) is 72.8 Å². The number of unbranched alkanes of at least 4 members (excludes halogenated alkanes) is 2. The van der Waals surface area contributed by atoms with Gasteiger partial charge in [-0.1, -0.05) is 0 Å². The molecule has 0 bridgehead atoms. The molecule has 40 heteroatoms. The van der Waals surface area contributed by atoms with Gasteiger partial charge in [-0.2, -0.15) is 0 Å². The van der Waals surface area contributed by atoms with Crippen molar-refractivity contribution < 1.29 is 57.8 Å². The van der Waals surface area contributed by atoms with Crippen molar-refractivity contribution in [2.45, 2.75) is 183 Å². The predicted molar refractivity (Wildman–Crippen MR) is 343 cm³/mol. The van der Waals surface area contributed by atoms with Gasteiger partial charge >= 0.3 is 0 Å². The molecule has 0 radical (unpaired) electrons. The zero-order valence-corrected chi connectivity index (χ0v) is 52.5. The Balaban J connectivity index is 7.49. The molecular formula is C52H102N28O12. The van der Waals surface area contributed by atoms with Crippen LogP contribution in [-0.2, 0) is 52.7 Å². The van der Waals surface area contributed by atoms with Gasteiger partial charge in [-0.15, -0.1) is 0 Å². The second kappa shape index (κ2) is 46.5. The third-order valence-corrected chi connectivity index (χ3v) is 13.2. The van der Waals surface area contributed by atoms with E-state index in [0.717, 1.165) is 6.92 Å². The highest BCUT2D eigenvalue weighted by Crippen LogP contribution is 2.12. The summed E-state index contributed by atoms with van der Waals surface area (Å²) in [6.45, 7) is 2.64. The molecule has 0 fully saturated rings. The first-order valence-electron chi connectivity index (χ1n) is 30.0. The lowest BCUT2D eigenvalue weighted by molar-refractivity contribution is -0.136. The number of aliphatic hydroxyl groups is 1. The number of guanidine groups is 5. The molecule has 38 N–H and O–H groups in total. The van der Waals surface area contributed by atoms with Crippen molar-refractivity contribution in [1.82, 2.24) is 47.9 Å². The van der Waals surface area contributed by atoms with Crippen LogP contribution in [0.15, 0.2) is 25.0 Å². The Labute approximate surface area is 533 Å². The van der Waals surface area contributed by atoms with Gasteiger partial charge in [-0.3, -0.25) is 77.7 Å². The van der Waals surface area contributed by atoms with Gasteiger partial charge in [0.05, 0.1) is 12.5 Å². The van der Waals surface area contributed by atoms with Crippen LogP contribution in [0.4, 0.5) is 0 Å². The highest BCUT2D eigenvalue weighted by molar-refractivity contribution is 5.99. The van der Waals surface area contributed by atoms with E-state index in [1.165, 1.54) is 6.92 Å². The first kappa shape index (κ1) is 82.4. The number of primary amides is 2. The molecule has 40 nitrogen and oxygen atoms in total. The van der Waals surface area contributed by atoms with Crippen LogP contribution in [0.2, 0.25) is 0 Å². The van der Waals surface area contributed by atoms with Crippen molar-refractivity contribution in [3.05, 3.63) is 0 Å². The number of nitrogens with one attached hydrogen (secondary N) is 9. The minimum absolute atomic E-state index is 0.0190. The molecule has 0 aromatic heterocycles. The number of rotatable bonds is 49. The summed E-state index contributed by atoms with van der Waals surface area (Å²) in [5, 5.41) is 33.0. The number of amides is 11. The van der Waals surface area contributed by atoms with E-state index in [9.17, 15) is 57.8 Å². The van der Waals surface area contributed by atoms with Crippen molar-refractivity contribution in [2.75, 3.05) is 45.8 Å². The van der Waals surface area contributed by atoms with E-state index in [-0.39, 0.29) is 166 Å². The Hall–Kier alpha value is -9.60. The maximum atomic E-state index is 14.6. The van der Waals surface area contributed by atoms with Crippen LogP contribution < -0.4 is 128 Å². The summed E-state index contributed by atoms with van der Waals surface area (Å²) in [4.78, 5) is 170. The Morgan fingerprint density at radius 2 is 0.543 bits per heavy atom. The van der Waals surface area contributed by atoms with Gasteiger partial charge in [0.25, 0.3) is 0 Å². The summed E-state index contributed by atoms with van der Waals surface area (Å²) in [5.41, 5.74) is 77.5.